The lowest BCUT2D eigenvalue weighted by molar-refractivity contribution is 0.103. The highest BCUT2D eigenvalue weighted by molar-refractivity contribution is 6.28. The summed E-state index contributed by atoms with van der Waals surface area (Å²) in [6, 6.07) is 69.0. The number of anilines is 4. The number of fused-ring (bicyclic) bond motifs is 8. The molecule has 0 atom stereocenters. The molecule has 1 spiro atoms. The summed E-state index contributed by atoms with van der Waals surface area (Å²) in [6.45, 7) is 0. The van der Waals surface area contributed by atoms with Gasteiger partial charge in [-0.25, -0.2) is 0 Å². The first kappa shape index (κ1) is 33.9. The Hall–Kier alpha value is -7.63. The van der Waals surface area contributed by atoms with E-state index in [1.165, 1.54) is 0 Å². The molecule has 2 aliphatic rings. The molecule has 270 valence electrons. The summed E-state index contributed by atoms with van der Waals surface area (Å²) in [7, 11) is 0. The number of hydrogen-bond donors (Lipinski definition) is 2. The number of rotatable bonds is 5. The molecule has 8 aromatic carbocycles. The van der Waals surface area contributed by atoms with Crippen molar-refractivity contribution in [2.75, 3.05) is 9.80 Å². The lowest BCUT2D eigenvalue weighted by Crippen LogP contribution is -2.42. The van der Waals surface area contributed by atoms with Crippen LogP contribution in [0.1, 0.15) is 49.3 Å². The van der Waals surface area contributed by atoms with E-state index < -0.39 is 5.41 Å². The van der Waals surface area contributed by atoms with Crippen molar-refractivity contribution in [1.82, 2.24) is 0 Å². The summed E-state index contributed by atoms with van der Waals surface area (Å²) in [6.07, 6.45) is 0. The topological polar surface area (TPSA) is 71.2 Å². The van der Waals surface area contributed by atoms with Crippen molar-refractivity contribution >= 4 is 40.2 Å². The number of nitrogens with zero attached hydrogens (tertiary/aromatic N) is 2. The zero-order valence-corrected chi connectivity index (χ0v) is 30.9. The molecule has 5 heteroatoms. The molecule has 0 amide bonds. The molecule has 10 rings (SSSR count). The molecule has 0 unspecified atom stereocenters. The van der Waals surface area contributed by atoms with Gasteiger partial charge in [-0.2, -0.15) is 0 Å². The molecule has 0 fully saturated rings. The zero-order chi connectivity index (χ0) is 38.5. The number of hydrogen-bond acceptors (Lipinski definition) is 4. The number of carbonyl (C=O) groups is 1. The minimum Gasteiger partial charge on any atom is -0.310 e. The molecule has 0 saturated heterocycles. The predicted octanol–water partition coefficient (Wildman–Crippen LogP) is 11.9. The van der Waals surface area contributed by atoms with Gasteiger partial charge < -0.3 is 4.90 Å². The number of benzene rings is 8. The maximum absolute atomic E-state index is 14.4. The van der Waals surface area contributed by atoms with Crippen molar-refractivity contribution in [3.8, 4) is 11.1 Å². The van der Waals surface area contributed by atoms with Gasteiger partial charge in [0.1, 0.15) is 11.7 Å². The molecule has 5 nitrogen and oxygen atoms in total. The maximum atomic E-state index is 14.4. The van der Waals surface area contributed by atoms with Crippen molar-refractivity contribution in [3.63, 3.8) is 0 Å². The van der Waals surface area contributed by atoms with E-state index in [0.717, 1.165) is 50.4 Å². The fraction of sp³-hybridized carbons (Fsp3) is 0.0192. The molecule has 0 saturated carbocycles. The molecular formula is C52H36N4O. The van der Waals surface area contributed by atoms with Crippen LogP contribution in [0.25, 0.3) is 11.1 Å². The van der Waals surface area contributed by atoms with Gasteiger partial charge in [0, 0.05) is 33.5 Å². The van der Waals surface area contributed by atoms with Crippen molar-refractivity contribution < 1.29 is 4.79 Å². The van der Waals surface area contributed by atoms with Gasteiger partial charge in [-0.1, -0.05) is 170 Å². The molecule has 1 aliphatic carbocycles. The lowest BCUT2D eigenvalue weighted by Gasteiger charge is -2.49. The summed E-state index contributed by atoms with van der Waals surface area (Å²) < 4.78 is 0. The quantitative estimate of drug-likeness (QED) is 0.137. The second-order valence-corrected chi connectivity index (χ2v) is 14.4. The third kappa shape index (κ3) is 5.20. The Bertz CT molecular complexity index is 2770. The molecule has 8 aromatic rings. The number of para-hydroxylation sites is 3. The van der Waals surface area contributed by atoms with Crippen molar-refractivity contribution in [1.29, 1.82) is 10.8 Å². The van der Waals surface area contributed by atoms with Gasteiger partial charge in [-0.3, -0.25) is 20.5 Å². The second-order valence-electron chi connectivity index (χ2n) is 14.4. The van der Waals surface area contributed by atoms with E-state index >= 15 is 0 Å². The first-order chi connectivity index (χ1) is 28.1. The van der Waals surface area contributed by atoms with E-state index in [9.17, 15) is 15.6 Å². The Balaban J connectivity index is 1.28. The van der Waals surface area contributed by atoms with E-state index in [0.29, 0.717) is 27.9 Å². The van der Waals surface area contributed by atoms with Crippen LogP contribution in [0.15, 0.2) is 206 Å². The van der Waals surface area contributed by atoms with Crippen LogP contribution in [0.5, 0.6) is 0 Å². The van der Waals surface area contributed by atoms with Crippen LogP contribution >= 0.6 is 0 Å². The van der Waals surface area contributed by atoms with E-state index in [1.54, 1.807) is 4.90 Å². The van der Waals surface area contributed by atoms with Crippen LogP contribution in [-0.4, -0.2) is 17.5 Å². The summed E-state index contributed by atoms with van der Waals surface area (Å²) in [5.41, 5.74) is 11.5. The van der Waals surface area contributed by atoms with Crippen molar-refractivity contribution in [3.05, 3.63) is 251 Å². The average Bonchev–Trinajstić information content (AvgIpc) is 3.29. The molecule has 2 N–H and O–H groups in total. The smallest absolute Gasteiger partial charge is 0.193 e. The lowest BCUT2D eigenvalue weighted by atomic mass is 9.57. The fourth-order valence-electron chi connectivity index (χ4n) is 8.92. The van der Waals surface area contributed by atoms with Crippen LogP contribution in [0, 0.1) is 10.8 Å². The van der Waals surface area contributed by atoms with E-state index in [2.05, 4.69) is 89.8 Å². The normalized spacial score (nSPS) is 13.2. The monoisotopic (exact) mass is 732 g/mol. The van der Waals surface area contributed by atoms with Gasteiger partial charge in [-0.15, -0.1) is 0 Å². The number of ketones is 1. The Morgan fingerprint density at radius 3 is 1.49 bits per heavy atom. The first-order valence-electron chi connectivity index (χ1n) is 19.1. The third-order valence-electron chi connectivity index (χ3n) is 11.4. The van der Waals surface area contributed by atoms with Crippen LogP contribution in [-0.2, 0) is 5.41 Å². The predicted molar refractivity (Wildman–Crippen MR) is 231 cm³/mol. The Kier molecular flexibility index (Phi) is 8.08. The zero-order valence-electron chi connectivity index (χ0n) is 30.9. The van der Waals surface area contributed by atoms with E-state index in [1.807, 2.05) is 121 Å². The Labute approximate surface area is 331 Å². The maximum Gasteiger partial charge on any atom is 0.193 e. The van der Waals surface area contributed by atoms with Crippen molar-refractivity contribution in [2.45, 2.75) is 5.41 Å². The minimum atomic E-state index is -0.851. The highest BCUT2D eigenvalue weighted by Gasteiger charge is 2.51. The Morgan fingerprint density at radius 1 is 0.439 bits per heavy atom. The summed E-state index contributed by atoms with van der Waals surface area (Å²) >= 11 is 0. The number of carbonyl (C=O) groups excluding carboxylic acids is 1. The highest BCUT2D eigenvalue weighted by atomic mass is 16.1. The molecule has 1 aliphatic heterocycles. The SMILES string of the molecule is N=C(c1ccccc1)N(C(=N)c1ccccc1)c1ccccc1-c1ccc2c(c1)C1(c3ccccc3C(=O)c3ccccc31)c1ccccc1N2c1ccccc1. The molecule has 1 heterocycles. The van der Waals surface area contributed by atoms with Crippen LogP contribution in [0.3, 0.4) is 0 Å². The van der Waals surface area contributed by atoms with Gasteiger partial charge >= 0.3 is 0 Å². The molecule has 0 aromatic heterocycles. The fourth-order valence-corrected chi connectivity index (χ4v) is 8.92. The van der Waals surface area contributed by atoms with Crippen LogP contribution in [0.4, 0.5) is 22.7 Å². The van der Waals surface area contributed by atoms with Gasteiger partial charge in [0.05, 0.1) is 22.5 Å². The molecule has 57 heavy (non-hydrogen) atoms. The minimum absolute atomic E-state index is 0.0207. The third-order valence-corrected chi connectivity index (χ3v) is 11.4. The first-order valence-corrected chi connectivity index (χ1v) is 19.1. The highest BCUT2D eigenvalue weighted by Crippen LogP contribution is 2.60. The van der Waals surface area contributed by atoms with E-state index in [-0.39, 0.29) is 17.5 Å². The number of nitrogens with one attached hydrogen (secondary N) is 2. The summed E-state index contributed by atoms with van der Waals surface area (Å²) in [5, 5.41) is 19.2. The number of amidine groups is 2. The molecule has 0 radical (unpaired) electrons. The van der Waals surface area contributed by atoms with Crippen LogP contribution < -0.4 is 9.80 Å². The standard InChI is InChI=1S/C52H36N4O/c53-50(35-18-4-1-5-19-35)56(51(54)36-20-6-2-7-21-36)46-30-16-12-24-39(46)37-32-33-48-45(34-37)52(44-29-15-17-31-47(44)55(48)38-22-8-3-9-23-38)42-27-13-10-25-40(42)49(57)41-26-11-14-28-43(41)52/h1-34,53-54H. The summed E-state index contributed by atoms with van der Waals surface area (Å²) in [4.78, 5) is 18.4. The Morgan fingerprint density at radius 2 is 0.895 bits per heavy atom. The van der Waals surface area contributed by atoms with Gasteiger partial charge in [0.2, 0.25) is 0 Å². The average molecular weight is 733 g/mol. The molecular weight excluding hydrogens is 697 g/mol. The molecule has 0 bridgehead atoms. The van der Waals surface area contributed by atoms with Gasteiger partial charge in [0.25, 0.3) is 0 Å². The second kappa shape index (κ2) is 13.6. The largest absolute Gasteiger partial charge is 0.310 e. The van der Waals surface area contributed by atoms with Gasteiger partial charge in [-0.05, 0) is 64.2 Å². The summed E-state index contributed by atoms with van der Waals surface area (Å²) in [5.74, 6) is 0.417. The van der Waals surface area contributed by atoms with Crippen LogP contribution in [0.2, 0.25) is 0 Å². The van der Waals surface area contributed by atoms with Crippen molar-refractivity contribution in [2.24, 2.45) is 0 Å². The van der Waals surface area contributed by atoms with E-state index in [4.69, 9.17) is 0 Å². The van der Waals surface area contributed by atoms with Gasteiger partial charge in [0.15, 0.2) is 5.78 Å².